The molecule has 0 saturated heterocycles. The Hall–Kier alpha value is -0.300. The smallest absolute Gasteiger partial charge is 0.0641 e. The third kappa shape index (κ3) is 0.943. The Morgan fingerprint density at radius 1 is 1.55 bits per heavy atom. The van der Waals surface area contributed by atoms with Crippen LogP contribution in [0.4, 0.5) is 0 Å². The Morgan fingerprint density at radius 2 is 2.27 bits per heavy atom. The average molecular weight is 152 g/mol. The van der Waals surface area contributed by atoms with E-state index in [0.29, 0.717) is 5.41 Å². The molecule has 1 nitrogen and oxygen atoms in total. The highest BCUT2D eigenvalue weighted by Crippen LogP contribution is 2.64. The molecular weight excluding hydrogens is 136 g/mol. The SMILES string of the molecule is CC1(C)[C@@H]2CC(CO)=CC[C@@H]21. The lowest BCUT2D eigenvalue weighted by Crippen LogP contribution is -1.98. The van der Waals surface area contributed by atoms with Crippen molar-refractivity contribution in [2.24, 2.45) is 17.3 Å². The van der Waals surface area contributed by atoms with Crippen molar-refractivity contribution in [3.8, 4) is 0 Å². The number of rotatable bonds is 1. The number of aliphatic hydroxyl groups is 1. The molecule has 0 radical (unpaired) electrons. The molecule has 0 aromatic heterocycles. The molecule has 2 aliphatic rings. The lowest BCUT2D eigenvalue weighted by atomic mass is 10.0. The second kappa shape index (κ2) is 2.10. The minimum atomic E-state index is 0.277. The minimum Gasteiger partial charge on any atom is -0.392 e. The summed E-state index contributed by atoms with van der Waals surface area (Å²) in [6, 6.07) is 0. The Balaban J connectivity index is 2.06. The van der Waals surface area contributed by atoms with Crippen molar-refractivity contribution in [3.05, 3.63) is 11.6 Å². The maximum Gasteiger partial charge on any atom is 0.0641 e. The summed E-state index contributed by atoms with van der Waals surface area (Å²) in [7, 11) is 0. The van der Waals surface area contributed by atoms with Gasteiger partial charge in [-0.05, 0) is 35.7 Å². The maximum atomic E-state index is 8.93. The predicted octanol–water partition coefficient (Wildman–Crippen LogP) is 1.97. The van der Waals surface area contributed by atoms with Gasteiger partial charge in [0.15, 0.2) is 0 Å². The van der Waals surface area contributed by atoms with Crippen LogP contribution < -0.4 is 0 Å². The molecule has 11 heavy (non-hydrogen) atoms. The van der Waals surface area contributed by atoms with Crippen molar-refractivity contribution >= 4 is 0 Å². The first-order chi connectivity index (χ1) is 5.16. The monoisotopic (exact) mass is 152 g/mol. The van der Waals surface area contributed by atoms with Gasteiger partial charge in [-0.3, -0.25) is 0 Å². The highest BCUT2D eigenvalue weighted by molar-refractivity contribution is 5.20. The molecule has 2 atom stereocenters. The molecule has 2 rings (SSSR count). The molecule has 0 spiro atoms. The maximum absolute atomic E-state index is 8.93. The number of hydrogen-bond donors (Lipinski definition) is 1. The Bertz CT molecular complexity index is 203. The van der Waals surface area contributed by atoms with Crippen LogP contribution in [0.5, 0.6) is 0 Å². The van der Waals surface area contributed by atoms with Gasteiger partial charge in [0.1, 0.15) is 0 Å². The molecule has 1 N–H and O–H groups in total. The van der Waals surface area contributed by atoms with E-state index in [1.54, 1.807) is 0 Å². The molecule has 0 unspecified atom stereocenters. The van der Waals surface area contributed by atoms with Crippen LogP contribution in [0.25, 0.3) is 0 Å². The highest BCUT2D eigenvalue weighted by Gasteiger charge is 2.57. The minimum absolute atomic E-state index is 0.277. The standard InChI is InChI=1S/C10H16O/c1-10(2)8-4-3-7(6-11)5-9(8)10/h3,8-9,11H,4-6H2,1-2H3/t8-,9+/m0/s1. The molecule has 2 aliphatic carbocycles. The molecule has 0 aromatic rings. The predicted molar refractivity (Wildman–Crippen MR) is 45.2 cm³/mol. The normalized spacial score (nSPS) is 39.4. The molecule has 1 heteroatoms. The number of allylic oxidation sites excluding steroid dienone is 1. The molecule has 0 bridgehead atoms. The van der Waals surface area contributed by atoms with Crippen LogP contribution in [0.2, 0.25) is 0 Å². The molecular formula is C10H16O. The van der Waals surface area contributed by atoms with Crippen LogP contribution in [-0.2, 0) is 0 Å². The largest absolute Gasteiger partial charge is 0.392 e. The summed E-state index contributed by atoms with van der Waals surface area (Å²) in [4.78, 5) is 0. The summed E-state index contributed by atoms with van der Waals surface area (Å²) in [5.41, 5.74) is 1.82. The van der Waals surface area contributed by atoms with E-state index >= 15 is 0 Å². The number of hydrogen-bond acceptors (Lipinski definition) is 1. The first-order valence-electron chi connectivity index (χ1n) is 4.45. The van der Waals surface area contributed by atoms with E-state index in [1.165, 1.54) is 12.0 Å². The van der Waals surface area contributed by atoms with Gasteiger partial charge in [0.05, 0.1) is 6.61 Å². The van der Waals surface area contributed by atoms with E-state index < -0.39 is 0 Å². The topological polar surface area (TPSA) is 20.2 Å². The average Bonchev–Trinajstić information content (AvgIpc) is 2.55. The summed E-state index contributed by atoms with van der Waals surface area (Å²) >= 11 is 0. The van der Waals surface area contributed by atoms with Crippen molar-refractivity contribution < 1.29 is 5.11 Å². The van der Waals surface area contributed by atoms with Crippen molar-refractivity contribution in [2.45, 2.75) is 26.7 Å². The van der Waals surface area contributed by atoms with Crippen molar-refractivity contribution in [1.29, 1.82) is 0 Å². The fraction of sp³-hybridized carbons (Fsp3) is 0.800. The zero-order valence-electron chi connectivity index (χ0n) is 7.30. The Morgan fingerprint density at radius 3 is 2.82 bits per heavy atom. The van der Waals surface area contributed by atoms with Crippen LogP contribution in [-0.4, -0.2) is 11.7 Å². The van der Waals surface area contributed by atoms with E-state index in [1.807, 2.05) is 0 Å². The van der Waals surface area contributed by atoms with E-state index in [0.717, 1.165) is 18.3 Å². The third-order valence-electron chi connectivity index (χ3n) is 3.63. The van der Waals surface area contributed by atoms with Gasteiger partial charge >= 0.3 is 0 Å². The number of aliphatic hydroxyl groups excluding tert-OH is 1. The van der Waals surface area contributed by atoms with E-state index in [4.69, 9.17) is 5.11 Å². The van der Waals surface area contributed by atoms with E-state index in [9.17, 15) is 0 Å². The molecule has 62 valence electrons. The Labute approximate surface area is 68.1 Å². The van der Waals surface area contributed by atoms with Crippen LogP contribution >= 0.6 is 0 Å². The second-order valence-corrected chi connectivity index (χ2v) is 4.49. The summed E-state index contributed by atoms with van der Waals surface area (Å²) in [6.07, 6.45) is 4.58. The number of fused-ring (bicyclic) bond motifs is 1. The molecule has 0 aliphatic heterocycles. The third-order valence-corrected chi connectivity index (χ3v) is 3.63. The zero-order valence-corrected chi connectivity index (χ0v) is 7.30. The van der Waals surface area contributed by atoms with Crippen molar-refractivity contribution in [1.82, 2.24) is 0 Å². The van der Waals surface area contributed by atoms with Gasteiger partial charge in [-0.1, -0.05) is 19.9 Å². The van der Waals surface area contributed by atoms with Crippen LogP contribution in [0.15, 0.2) is 11.6 Å². The molecule has 0 aromatic carbocycles. The second-order valence-electron chi connectivity index (χ2n) is 4.49. The van der Waals surface area contributed by atoms with Crippen LogP contribution in [0, 0.1) is 17.3 Å². The fourth-order valence-corrected chi connectivity index (χ4v) is 2.52. The quantitative estimate of drug-likeness (QED) is 0.569. The first kappa shape index (κ1) is 7.35. The summed E-state index contributed by atoms with van der Waals surface area (Å²) in [5.74, 6) is 1.78. The van der Waals surface area contributed by atoms with E-state index in [2.05, 4.69) is 19.9 Å². The van der Waals surface area contributed by atoms with Gasteiger partial charge < -0.3 is 5.11 Å². The van der Waals surface area contributed by atoms with Gasteiger partial charge in [-0.2, -0.15) is 0 Å². The van der Waals surface area contributed by atoms with Crippen LogP contribution in [0.3, 0.4) is 0 Å². The molecule has 0 heterocycles. The van der Waals surface area contributed by atoms with E-state index in [-0.39, 0.29) is 6.61 Å². The lowest BCUT2D eigenvalue weighted by Gasteiger charge is -2.07. The Kier molecular flexibility index (Phi) is 1.40. The van der Waals surface area contributed by atoms with Crippen molar-refractivity contribution in [2.75, 3.05) is 6.61 Å². The molecule has 1 fully saturated rings. The van der Waals surface area contributed by atoms with Gasteiger partial charge in [0, 0.05) is 0 Å². The summed E-state index contributed by atoms with van der Waals surface area (Å²) in [5, 5.41) is 8.93. The van der Waals surface area contributed by atoms with Gasteiger partial charge in [-0.15, -0.1) is 0 Å². The lowest BCUT2D eigenvalue weighted by molar-refractivity contribution is 0.320. The first-order valence-corrected chi connectivity index (χ1v) is 4.45. The van der Waals surface area contributed by atoms with Crippen LogP contribution in [0.1, 0.15) is 26.7 Å². The van der Waals surface area contributed by atoms with Gasteiger partial charge in [0.25, 0.3) is 0 Å². The summed E-state index contributed by atoms with van der Waals surface area (Å²) in [6.45, 7) is 4.96. The summed E-state index contributed by atoms with van der Waals surface area (Å²) < 4.78 is 0. The van der Waals surface area contributed by atoms with Gasteiger partial charge in [-0.25, -0.2) is 0 Å². The fourth-order valence-electron chi connectivity index (χ4n) is 2.52. The highest BCUT2D eigenvalue weighted by atomic mass is 16.3. The zero-order chi connectivity index (χ0) is 8.06. The molecule has 0 amide bonds. The molecule has 1 saturated carbocycles. The van der Waals surface area contributed by atoms with Gasteiger partial charge in [0.2, 0.25) is 0 Å². The van der Waals surface area contributed by atoms with Crippen molar-refractivity contribution in [3.63, 3.8) is 0 Å².